The van der Waals surface area contributed by atoms with E-state index in [4.69, 9.17) is 11.6 Å². The highest BCUT2D eigenvalue weighted by Crippen LogP contribution is 2.34. The van der Waals surface area contributed by atoms with E-state index in [0.717, 1.165) is 8.14 Å². The Bertz CT molecular complexity index is 945. The lowest BCUT2D eigenvalue weighted by molar-refractivity contribution is 0.0933. The molecule has 23 heavy (non-hydrogen) atoms. The molecule has 4 nitrogen and oxygen atoms in total. The van der Waals surface area contributed by atoms with Gasteiger partial charge in [-0.2, -0.15) is 0 Å². The number of aromatic hydroxyl groups is 1. The number of rotatable bonds is 2. The molecular weight excluding hydrogens is 429 g/mol. The normalized spacial score (nSPS) is 10.9. The van der Waals surface area contributed by atoms with E-state index in [0.29, 0.717) is 21.5 Å². The van der Waals surface area contributed by atoms with Crippen molar-refractivity contribution in [2.45, 2.75) is 6.92 Å². The minimum absolute atomic E-state index is 0.105. The zero-order valence-electron chi connectivity index (χ0n) is 12.0. The lowest BCUT2D eigenvalue weighted by Gasteiger charge is -2.02. The number of hydrogen-bond acceptors (Lipinski definition) is 3. The molecule has 116 valence electrons. The monoisotopic (exact) mass is 439 g/mol. The molecule has 3 aromatic rings. The van der Waals surface area contributed by atoms with E-state index in [-0.39, 0.29) is 17.2 Å². The predicted molar refractivity (Wildman–Crippen MR) is 97.5 cm³/mol. The molecule has 0 saturated carbocycles. The van der Waals surface area contributed by atoms with E-state index in [2.05, 4.69) is 22.6 Å². The van der Waals surface area contributed by atoms with Gasteiger partial charge in [0.2, 0.25) is 11.8 Å². The average molecular weight is 440 g/mol. The second kappa shape index (κ2) is 5.98. The van der Waals surface area contributed by atoms with Crippen LogP contribution in [0, 0.1) is 3.57 Å². The van der Waals surface area contributed by atoms with Crippen LogP contribution < -0.4 is 0 Å². The van der Waals surface area contributed by atoms with Gasteiger partial charge < -0.3 is 5.11 Å². The minimum Gasteiger partial charge on any atom is -0.494 e. The molecule has 0 amide bonds. The number of carbonyl (C=O) groups excluding carboxylic acids is 2. The Morgan fingerprint density at radius 1 is 1.13 bits per heavy atom. The van der Waals surface area contributed by atoms with Crippen molar-refractivity contribution in [1.29, 1.82) is 0 Å². The lowest BCUT2D eigenvalue weighted by Crippen LogP contribution is -2.06. The third-order valence-corrected chi connectivity index (χ3v) is 4.51. The lowest BCUT2D eigenvalue weighted by atomic mass is 10.0. The zero-order valence-corrected chi connectivity index (χ0v) is 14.9. The van der Waals surface area contributed by atoms with Crippen molar-refractivity contribution in [3.05, 3.63) is 62.2 Å². The fourth-order valence-electron chi connectivity index (χ4n) is 2.54. The number of hydrogen-bond donors (Lipinski definition) is 1. The van der Waals surface area contributed by atoms with E-state index >= 15 is 0 Å². The van der Waals surface area contributed by atoms with Gasteiger partial charge >= 0.3 is 0 Å². The number of ketones is 1. The third-order valence-electron chi connectivity index (χ3n) is 3.55. The summed E-state index contributed by atoms with van der Waals surface area (Å²) in [6, 6.07) is 11.8. The molecule has 0 aliphatic heterocycles. The number of halogens is 2. The number of aromatic nitrogens is 1. The summed E-state index contributed by atoms with van der Waals surface area (Å²) in [7, 11) is 0. The molecule has 1 N–H and O–H groups in total. The van der Waals surface area contributed by atoms with E-state index < -0.39 is 5.91 Å². The van der Waals surface area contributed by atoms with E-state index in [9.17, 15) is 14.7 Å². The summed E-state index contributed by atoms with van der Waals surface area (Å²) < 4.78 is 2.10. The van der Waals surface area contributed by atoms with E-state index in [1.807, 2.05) is 12.1 Å². The molecular formula is C17H11ClINO3. The smallest absolute Gasteiger partial charge is 0.230 e. The van der Waals surface area contributed by atoms with Gasteiger partial charge in [0.1, 0.15) is 0 Å². The van der Waals surface area contributed by atoms with Gasteiger partial charge in [-0.3, -0.25) is 9.59 Å². The van der Waals surface area contributed by atoms with Crippen molar-refractivity contribution in [2.75, 3.05) is 0 Å². The summed E-state index contributed by atoms with van der Waals surface area (Å²) in [5.74, 6) is -1.10. The van der Waals surface area contributed by atoms with Crippen LogP contribution in [0.25, 0.3) is 10.9 Å². The molecule has 1 heterocycles. The van der Waals surface area contributed by atoms with Gasteiger partial charge in [-0.25, -0.2) is 4.57 Å². The van der Waals surface area contributed by atoms with Crippen LogP contribution in [0.2, 0.25) is 5.02 Å². The third kappa shape index (κ3) is 2.74. The second-order valence-corrected chi connectivity index (χ2v) is 6.73. The maximum absolute atomic E-state index is 12.8. The van der Waals surface area contributed by atoms with Gasteiger partial charge in [0.05, 0.1) is 11.1 Å². The summed E-state index contributed by atoms with van der Waals surface area (Å²) in [6.07, 6.45) is 0. The quantitative estimate of drug-likeness (QED) is 0.473. The van der Waals surface area contributed by atoms with E-state index in [1.165, 1.54) is 6.92 Å². The maximum Gasteiger partial charge on any atom is 0.230 e. The molecule has 0 fully saturated rings. The molecule has 0 unspecified atom stereocenters. The first-order chi connectivity index (χ1) is 10.9. The molecule has 0 radical (unpaired) electrons. The van der Waals surface area contributed by atoms with Crippen LogP contribution in [0.15, 0.2) is 42.5 Å². The van der Waals surface area contributed by atoms with Crippen LogP contribution in [0.1, 0.15) is 27.6 Å². The highest BCUT2D eigenvalue weighted by atomic mass is 127. The van der Waals surface area contributed by atoms with Gasteiger partial charge in [0, 0.05) is 26.5 Å². The molecule has 0 aliphatic rings. The highest BCUT2D eigenvalue weighted by Gasteiger charge is 2.25. The Morgan fingerprint density at radius 3 is 2.39 bits per heavy atom. The van der Waals surface area contributed by atoms with Gasteiger partial charge in [0.15, 0.2) is 5.78 Å². The molecule has 0 spiro atoms. The van der Waals surface area contributed by atoms with Crippen molar-refractivity contribution >= 4 is 56.8 Å². The number of benzene rings is 2. The minimum atomic E-state index is -0.392. The summed E-state index contributed by atoms with van der Waals surface area (Å²) in [6.45, 7) is 1.32. The summed E-state index contributed by atoms with van der Waals surface area (Å²) in [5.41, 5.74) is 0.961. The van der Waals surface area contributed by atoms with Gasteiger partial charge in [-0.05, 0) is 59.0 Å². The molecule has 0 bridgehead atoms. The largest absolute Gasteiger partial charge is 0.494 e. The molecule has 3 rings (SSSR count). The van der Waals surface area contributed by atoms with Crippen molar-refractivity contribution in [3.63, 3.8) is 0 Å². The van der Waals surface area contributed by atoms with Gasteiger partial charge in [-0.15, -0.1) is 0 Å². The fourth-order valence-corrected chi connectivity index (χ4v) is 3.06. The predicted octanol–water partition coefficient (Wildman–Crippen LogP) is 4.50. The molecule has 2 aromatic carbocycles. The second-order valence-electron chi connectivity index (χ2n) is 5.05. The van der Waals surface area contributed by atoms with Crippen LogP contribution in [-0.4, -0.2) is 21.4 Å². The molecule has 6 heteroatoms. The van der Waals surface area contributed by atoms with Gasteiger partial charge in [0.25, 0.3) is 0 Å². The Kier molecular flexibility index (Phi) is 4.16. The van der Waals surface area contributed by atoms with Crippen LogP contribution >= 0.6 is 34.2 Å². The van der Waals surface area contributed by atoms with Crippen molar-refractivity contribution in [3.8, 4) is 5.88 Å². The number of fused-ring (bicyclic) bond motifs is 1. The standard InChI is InChI=1S/C17H11ClINO3/c1-9(21)20-14-8-11(18)4-7-13(14)15(17(20)23)16(22)10-2-5-12(19)6-3-10/h2-8,23H,1H3. The molecule has 0 saturated heterocycles. The fraction of sp³-hybridized carbons (Fsp3) is 0.0588. The van der Waals surface area contributed by atoms with Crippen LogP contribution in [0.5, 0.6) is 5.88 Å². The number of nitrogens with zero attached hydrogens (tertiary/aromatic N) is 1. The van der Waals surface area contributed by atoms with Crippen LogP contribution in [0.3, 0.4) is 0 Å². The molecule has 0 atom stereocenters. The maximum atomic E-state index is 12.8. The Hall–Kier alpha value is -1.86. The number of carbonyl (C=O) groups is 2. The Labute approximate surface area is 150 Å². The summed E-state index contributed by atoms with van der Waals surface area (Å²) >= 11 is 8.13. The van der Waals surface area contributed by atoms with Crippen molar-refractivity contribution in [2.24, 2.45) is 0 Å². The SMILES string of the molecule is CC(=O)n1c(O)c(C(=O)c2ccc(I)cc2)c2ccc(Cl)cc21. The van der Waals surface area contributed by atoms with Gasteiger partial charge in [-0.1, -0.05) is 17.7 Å². The first kappa shape index (κ1) is 16.0. The van der Waals surface area contributed by atoms with Crippen LogP contribution in [0.4, 0.5) is 0 Å². The van der Waals surface area contributed by atoms with Crippen molar-refractivity contribution in [1.82, 2.24) is 4.57 Å². The van der Waals surface area contributed by atoms with E-state index in [1.54, 1.807) is 30.3 Å². The molecule has 0 aliphatic carbocycles. The first-order valence-electron chi connectivity index (χ1n) is 6.74. The average Bonchev–Trinajstić information content (AvgIpc) is 2.78. The summed E-state index contributed by atoms with van der Waals surface area (Å²) in [5, 5.41) is 11.4. The van der Waals surface area contributed by atoms with Crippen LogP contribution in [-0.2, 0) is 0 Å². The first-order valence-corrected chi connectivity index (χ1v) is 8.20. The Balaban J connectivity index is 2.29. The summed E-state index contributed by atoms with van der Waals surface area (Å²) in [4.78, 5) is 24.6. The van der Waals surface area contributed by atoms with Crippen molar-refractivity contribution < 1.29 is 14.7 Å². The molecule has 1 aromatic heterocycles. The zero-order chi connectivity index (χ0) is 16.7. The highest BCUT2D eigenvalue weighted by molar-refractivity contribution is 14.1. The topological polar surface area (TPSA) is 59.3 Å². The Morgan fingerprint density at radius 2 is 1.78 bits per heavy atom.